The second-order valence-electron chi connectivity index (χ2n) is 5.27. The van der Waals surface area contributed by atoms with Crippen LogP contribution in [0.1, 0.15) is 38.7 Å². The Morgan fingerprint density at radius 1 is 1.40 bits per heavy atom. The van der Waals surface area contributed by atoms with E-state index in [1.807, 2.05) is 4.90 Å². The van der Waals surface area contributed by atoms with Gasteiger partial charge >= 0.3 is 0 Å². The van der Waals surface area contributed by atoms with Crippen LogP contribution < -0.4 is 4.74 Å². The van der Waals surface area contributed by atoms with Gasteiger partial charge < -0.3 is 9.64 Å². The number of carbonyl (C=O) groups is 1. The molecule has 0 aliphatic carbocycles. The highest BCUT2D eigenvalue weighted by molar-refractivity contribution is 5.81. The minimum Gasteiger partial charge on any atom is -0.481 e. The first kappa shape index (κ1) is 14.4. The largest absolute Gasteiger partial charge is 0.481 e. The predicted molar refractivity (Wildman–Crippen MR) is 76.3 cm³/mol. The highest BCUT2D eigenvalue weighted by atomic mass is 16.5. The molecule has 1 aromatic carbocycles. The second-order valence-corrected chi connectivity index (χ2v) is 5.27. The Morgan fingerprint density at radius 3 is 2.70 bits per heavy atom. The number of nitrogens with zero attached hydrogens (tertiary/aromatic N) is 2. The molecule has 1 aromatic rings. The van der Waals surface area contributed by atoms with E-state index in [9.17, 15) is 4.79 Å². The molecule has 1 heterocycles. The predicted octanol–water partition coefficient (Wildman–Crippen LogP) is 2.73. The Hall–Kier alpha value is -2.02. The zero-order chi connectivity index (χ0) is 14.5. The van der Waals surface area contributed by atoms with Crippen LogP contribution in [0.2, 0.25) is 0 Å². The molecule has 1 saturated heterocycles. The van der Waals surface area contributed by atoms with Crippen molar-refractivity contribution in [2.24, 2.45) is 0 Å². The highest BCUT2D eigenvalue weighted by Gasteiger charge is 2.27. The number of amides is 1. The summed E-state index contributed by atoms with van der Waals surface area (Å²) in [6, 6.07) is 9.18. The maximum absolute atomic E-state index is 12.4. The molecule has 20 heavy (non-hydrogen) atoms. The minimum atomic E-state index is -0.497. The van der Waals surface area contributed by atoms with Gasteiger partial charge in [0.2, 0.25) is 0 Å². The summed E-state index contributed by atoms with van der Waals surface area (Å²) in [5, 5.41) is 8.75. The van der Waals surface area contributed by atoms with Crippen LogP contribution in [0.4, 0.5) is 0 Å². The quantitative estimate of drug-likeness (QED) is 0.850. The Kier molecular flexibility index (Phi) is 4.62. The van der Waals surface area contributed by atoms with Crippen molar-refractivity contribution < 1.29 is 9.53 Å². The molecule has 0 aromatic heterocycles. The molecule has 1 aliphatic rings. The van der Waals surface area contributed by atoms with Crippen LogP contribution in [0, 0.1) is 11.3 Å². The molecular weight excluding hydrogens is 252 g/mol. The molecule has 4 heteroatoms. The maximum Gasteiger partial charge on any atom is 0.263 e. The van der Waals surface area contributed by atoms with Gasteiger partial charge in [0.15, 0.2) is 6.10 Å². The zero-order valence-electron chi connectivity index (χ0n) is 12.0. The normalized spacial score (nSPS) is 20.1. The topological polar surface area (TPSA) is 53.3 Å². The van der Waals surface area contributed by atoms with Gasteiger partial charge in [0, 0.05) is 12.6 Å². The van der Waals surface area contributed by atoms with Crippen molar-refractivity contribution in [3.05, 3.63) is 29.8 Å². The van der Waals surface area contributed by atoms with Gasteiger partial charge in [-0.3, -0.25) is 4.79 Å². The molecule has 2 atom stereocenters. The van der Waals surface area contributed by atoms with Crippen molar-refractivity contribution in [1.29, 1.82) is 5.26 Å². The first-order valence-corrected chi connectivity index (χ1v) is 7.09. The van der Waals surface area contributed by atoms with Crippen LogP contribution in [0.3, 0.4) is 0 Å². The summed E-state index contributed by atoms with van der Waals surface area (Å²) < 4.78 is 5.68. The van der Waals surface area contributed by atoms with E-state index in [-0.39, 0.29) is 5.91 Å². The van der Waals surface area contributed by atoms with Crippen LogP contribution >= 0.6 is 0 Å². The third-order valence-corrected chi connectivity index (χ3v) is 3.73. The number of nitriles is 1. The Balaban J connectivity index is 1.98. The Morgan fingerprint density at radius 2 is 2.10 bits per heavy atom. The van der Waals surface area contributed by atoms with Crippen molar-refractivity contribution >= 4 is 5.91 Å². The molecule has 0 radical (unpaired) electrons. The van der Waals surface area contributed by atoms with Gasteiger partial charge in [-0.05, 0) is 57.4 Å². The summed E-state index contributed by atoms with van der Waals surface area (Å²) in [4.78, 5) is 14.3. The standard InChI is InChI=1S/C16H20N2O2/c1-12-5-3-4-10-18(12)16(19)13(2)20-15-8-6-14(11-17)7-9-15/h6-9,12-13H,3-5,10H2,1-2H3. The maximum atomic E-state index is 12.4. The number of likely N-dealkylation sites (tertiary alicyclic amines) is 1. The van der Waals surface area contributed by atoms with Crippen molar-refractivity contribution in [1.82, 2.24) is 4.90 Å². The molecule has 0 spiro atoms. The van der Waals surface area contributed by atoms with Crippen molar-refractivity contribution in [3.8, 4) is 11.8 Å². The molecule has 1 amide bonds. The van der Waals surface area contributed by atoms with Gasteiger partial charge in [0.25, 0.3) is 5.91 Å². The van der Waals surface area contributed by atoms with E-state index in [0.717, 1.165) is 19.4 Å². The van der Waals surface area contributed by atoms with E-state index < -0.39 is 6.10 Å². The molecule has 0 bridgehead atoms. The van der Waals surface area contributed by atoms with Crippen LogP contribution in [0.15, 0.2) is 24.3 Å². The number of hydrogen-bond donors (Lipinski definition) is 0. The fraction of sp³-hybridized carbons (Fsp3) is 0.500. The first-order valence-electron chi connectivity index (χ1n) is 7.09. The van der Waals surface area contributed by atoms with E-state index >= 15 is 0 Å². The van der Waals surface area contributed by atoms with E-state index in [2.05, 4.69) is 13.0 Å². The van der Waals surface area contributed by atoms with Gasteiger partial charge in [-0.1, -0.05) is 0 Å². The molecule has 1 fully saturated rings. The molecular formula is C16H20N2O2. The average molecular weight is 272 g/mol. The summed E-state index contributed by atoms with van der Waals surface area (Å²) >= 11 is 0. The third-order valence-electron chi connectivity index (χ3n) is 3.73. The lowest BCUT2D eigenvalue weighted by atomic mass is 10.0. The second kappa shape index (κ2) is 6.42. The monoisotopic (exact) mass is 272 g/mol. The van der Waals surface area contributed by atoms with Gasteiger partial charge in [-0.15, -0.1) is 0 Å². The smallest absolute Gasteiger partial charge is 0.263 e. The zero-order valence-corrected chi connectivity index (χ0v) is 12.0. The number of ether oxygens (including phenoxy) is 1. The molecule has 0 N–H and O–H groups in total. The fourth-order valence-corrected chi connectivity index (χ4v) is 2.52. The van der Waals surface area contributed by atoms with E-state index in [1.165, 1.54) is 6.42 Å². The minimum absolute atomic E-state index is 0.0431. The van der Waals surface area contributed by atoms with E-state index in [4.69, 9.17) is 10.00 Å². The molecule has 0 saturated carbocycles. The number of piperidine rings is 1. The lowest BCUT2D eigenvalue weighted by molar-refractivity contribution is -0.141. The summed E-state index contributed by atoms with van der Waals surface area (Å²) in [5.74, 6) is 0.663. The van der Waals surface area contributed by atoms with Crippen molar-refractivity contribution in [2.45, 2.75) is 45.3 Å². The molecule has 2 unspecified atom stereocenters. The lowest BCUT2D eigenvalue weighted by Crippen LogP contribution is -2.47. The van der Waals surface area contributed by atoms with Crippen LogP contribution in [0.5, 0.6) is 5.75 Å². The van der Waals surface area contributed by atoms with E-state index in [1.54, 1.807) is 31.2 Å². The Labute approximate surface area is 120 Å². The van der Waals surface area contributed by atoms with Crippen LogP contribution in [0.25, 0.3) is 0 Å². The van der Waals surface area contributed by atoms with Crippen LogP contribution in [-0.2, 0) is 4.79 Å². The molecule has 1 aliphatic heterocycles. The highest BCUT2D eigenvalue weighted by Crippen LogP contribution is 2.19. The summed E-state index contributed by atoms with van der Waals surface area (Å²) in [5.41, 5.74) is 0.584. The summed E-state index contributed by atoms with van der Waals surface area (Å²) in [6.07, 6.45) is 2.83. The number of benzene rings is 1. The summed E-state index contributed by atoms with van der Waals surface area (Å²) in [6.45, 7) is 4.69. The first-order chi connectivity index (χ1) is 9.61. The molecule has 106 valence electrons. The lowest BCUT2D eigenvalue weighted by Gasteiger charge is -2.35. The Bertz CT molecular complexity index is 504. The van der Waals surface area contributed by atoms with Crippen molar-refractivity contribution in [2.75, 3.05) is 6.54 Å². The number of carbonyl (C=O) groups excluding carboxylic acids is 1. The van der Waals surface area contributed by atoms with Gasteiger partial charge in [-0.2, -0.15) is 5.26 Å². The van der Waals surface area contributed by atoms with Gasteiger partial charge in [-0.25, -0.2) is 0 Å². The number of rotatable bonds is 3. The van der Waals surface area contributed by atoms with Crippen LogP contribution in [-0.4, -0.2) is 29.5 Å². The van der Waals surface area contributed by atoms with E-state index in [0.29, 0.717) is 17.4 Å². The van der Waals surface area contributed by atoms with Gasteiger partial charge in [0.1, 0.15) is 5.75 Å². The summed E-state index contributed by atoms with van der Waals surface area (Å²) in [7, 11) is 0. The number of hydrogen-bond acceptors (Lipinski definition) is 3. The fourth-order valence-electron chi connectivity index (χ4n) is 2.52. The molecule has 4 nitrogen and oxygen atoms in total. The average Bonchev–Trinajstić information content (AvgIpc) is 2.48. The van der Waals surface area contributed by atoms with Crippen molar-refractivity contribution in [3.63, 3.8) is 0 Å². The molecule has 2 rings (SSSR count). The third kappa shape index (κ3) is 3.30. The van der Waals surface area contributed by atoms with Gasteiger partial charge in [0.05, 0.1) is 11.6 Å². The SMILES string of the molecule is CC(Oc1ccc(C#N)cc1)C(=O)N1CCCCC1C.